The van der Waals surface area contributed by atoms with Crippen molar-refractivity contribution in [3.05, 3.63) is 64.1 Å². The lowest BCUT2D eigenvalue weighted by Gasteiger charge is -2.28. The second kappa shape index (κ2) is 6.54. The van der Waals surface area contributed by atoms with E-state index >= 15 is 0 Å². The Morgan fingerprint density at radius 3 is 2.54 bits per heavy atom. The van der Waals surface area contributed by atoms with E-state index in [4.69, 9.17) is 12.2 Å². The molecule has 1 fully saturated rings. The van der Waals surface area contributed by atoms with E-state index < -0.39 is 11.8 Å². The molecule has 5 nitrogen and oxygen atoms in total. The van der Waals surface area contributed by atoms with Crippen molar-refractivity contribution >= 4 is 56.8 Å². The molecular weight excluding hydrogens is 392 g/mol. The predicted octanol–water partition coefficient (Wildman–Crippen LogP) is 2.99. The fourth-order valence-corrected chi connectivity index (χ4v) is 2.93. The number of phenolic OH excluding ortho intramolecular Hbond substituents is 1. The van der Waals surface area contributed by atoms with Crippen LogP contribution >= 0.6 is 28.1 Å². The van der Waals surface area contributed by atoms with E-state index in [2.05, 4.69) is 21.2 Å². The fraction of sp³-hybridized carbons (Fsp3) is 0. The van der Waals surface area contributed by atoms with Gasteiger partial charge in [-0.2, -0.15) is 0 Å². The average molecular weight is 403 g/mol. The normalized spacial score (nSPS) is 16.5. The summed E-state index contributed by atoms with van der Waals surface area (Å²) in [7, 11) is 0. The van der Waals surface area contributed by atoms with Gasteiger partial charge in [0.2, 0.25) is 0 Å². The van der Waals surface area contributed by atoms with Gasteiger partial charge in [-0.15, -0.1) is 0 Å². The molecule has 3 rings (SSSR count). The van der Waals surface area contributed by atoms with Crippen LogP contribution in [0.3, 0.4) is 0 Å². The van der Waals surface area contributed by atoms with E-state index in [0.29, 0.717) is 15.7 Å². The Bertz CT molecular complexity index is 881. The summed E-state index contributed by atoms with van der Waals surface area (Å²) in [5.41, 5.74) is 0.793. The smallest absolute Gasteiger partial charge is 0.270 e. The summed E-state index contributed by atoms with van der Waals surface area (Å²) >= 11 is 8.41. The van der Waals surface area contributed by atoms with E-state index in [1.165, 1.54) is 17.0 Å². The van der Waals surface area contributed by atoms with Crippen LogP contribution in [0.25, 0.3) is 6.08 Å². The summed E-state index contributed by atoms with van der Waals surface area (Å²) in [6.45, 7) is 0. The first-order chi connectivity index (χ1) is 11.5. The Hall–Kier alpha value is -2.51. The summed E-state index contributed by atoms with van der Waals surface area (Å²) in [6.07, 6.45) is 1.34. The molecule has 2 aromatic carbocycles. The van der Waals surface area contributed by atoms with E-state index in [9.17, 15) is 14.7 Å². The number of carbonyl (C=O) groups excluding carboxylic acids is 2. The number of phenols is 1. The van der Waals surface area contributed by atoms with Gasteiger partial charge in [0.25, 0.3) is 11.8 Å². The van der Waals surface area contributed by atoms with Crippen LogP contribution in [0, 0.1) is 0 Å². The molecule has 0 unspecified atom stereocenters. The fourth-order valence-electron chi connectivity index (χ4n) is 2.27. The van der Waals surface area contributed by atoms with Crippen molar-refractivity contribution < 1.29 is 14.7 Å². The summed E-state index contributed by atoms with van der Waals surface area (Å²) in [5.74, 6) is -1.18. The van der Waals surface area contributed by atoms with Gasteiger partial charge in [-0.1, -0.05) is 34.1 Å². The average Bonchev–Trinajstić information content (AvgIpc) is 2.55. The summed E-state index contributed by atoms with van der Waals surface area (Å²) in [4.78, 5) is 26.2. The second-order valence-electron chi connectivity index (χ2n) is 5.00. The van der Waals surface area contributed by atoms with E-state index in [0.717, 1.165) is 0 Å². The summed E-state index contributed by atoms with van der Waals surface area (Å²) in [6, 6.07) is 13.5. The van der Waals surface area contributed by atoms with Crippen molar-refractivity contribution in [3.63, 3.8) is 0 Å². The number of nitrogens with one attached hydrogen (secondary N) is 1. The largest absolute Gasteiger partial charge is 0.507 e. The highest BCUT2D eigenvalue weighted by Crippen LogP contribution is 2.27. The zero-order chi connectivity index (χ0) is 17.3. The highest BCUT2D eigenvalue weighted by Gasteiger charge is 2.34. The number of aromatic hydroxyl groups is 1. The zero-order valence-electron chi connectivity index (χ0n) is 12.2. The van der Waals surface area contributed by atoms with Crippen LogP contribution in [-0.4, -0.2) is 22.0 Å². The zero-order valence-corrected chi connectivity index (χ0v) is 14.6. The molecule has 0 bridgehead atoms. The van der Waals surface area contributed by atoms with Crippen molar-refractivity contribution in [1.29, 1.82) is 0 Å². The van der Waals surface area contributed by atoms with Crippen LogP contribution in [0.5, 0.6) is 5.75 Å². The summed E-state index contributed by atoms with van der Waals surface area (Å²) in [5, 5.41) is 12.4. The van der Waals surface area contributed by atoms with E-state index in [1.807, 2.05) is 6.07 Å². The number of nitrogens with zero attached hydrogens (tertiary/aromatic N) is 1. The molecular formula is C17H11BrN2O3S. The Morgan fingerprint density at radius 1 is 1.12 bits per heavy atom. The van der Waals surface area contributed by atoms with Crippen LogP contribution in [0.2, 0.25) is 0 Å². The van der Waals surface area contributed by atoms with Gasteiger partial charge in [0.05, 0.1) is 5.69 Å². The summed E-state index contributed by atoms with van der Waals surface area (Å²) < 4.78 is 0.714. The third kappa shape index (κ3) is 3.08. The molecule has 2 N–H and O–H groups in total. The molecule has 0 saturated carbocycles. The topological polar surface area (TPSA) is 69.6 Å². The van der Waals surface area contributed by atoms with Gasteiger partial charge in [0.15, 0.2) is 5.11 Å². The van der Waals surface area contributed by atoms with Crippen LogP contribution in [0.15, 0.2) is 58.6 Å². The minimum Gasteiger partial charge on any atom is -0.507 e. The maximum atomic E-state index is 12.8. The standard InChI is InChI=1S/C17H11BrN2O3S/c18-11-6-7-14(21)10(8-11)9-13-15(22)19-17(24)20(16(13)23)12-4-2-1-3-5-12/h1-9,21H,(H,19,22,24). The van der Waals surface area contributed by atoms with Crippen LogP contribution in [-0.2, 0) is 9.59 Å². The Labute approximate surface area is 151 Å². The molecule has 1 saturated heterocycles. The van der Waals surface area contributed by atoms with Crippen LogP contribution in [0.4, 0.5) is 5.69 Å². The number of rotatable bonds is 2. The van der Waals surface area contributed by atoms with Crippen molar-refractivity contribution in [2.45, 2.75) is 0 Å². The molecule has 1 aliphatic heterocycles. The monoisotopic (exact) mass is 402 g/mol. The molecule has 2 amide bonds. The lowest BCUT2D eigenvalue weighted by Crippen LogP contribution is -2.54. The molecule has 0 atom stereocenters. The van der Waals surface area contributed by atoms with Gasteiger partial charge in [0, 0.05) is 10.0 Å². The van der Waals surface area contributed by atoms with Gasteiger partial charge in [0.1, 0.15) is 11.3 Å². The number of hydrogen-bond donors (Lipinski definition) is 2. The molecule has 7 heteroatoms. The number of thiocarbonyl (C=S) groups is 1. The van der Waals surface area contributed by atoms with Gasteiger partial charge < -0.3 is 5.11 Å². The van der Waals surface area contributed by atoms with Gasteiger partial charge >= 0.3 is 0 Å². The maximum Gasteiger partial charge on any atom is 0.270 e. The Kier molecular flexibility index (Phi) is 4.46. The first kappa shape index (κ1) is 16.4. The van der Waals surface area contributed by atoms with Crippen molar-refractivity contribution in [1.82, 2.24) is 5.32 Å². The molecule has 1 aliphatic rings. The van der Waals surface area contributed by atoms with E-state index in [1.54, 1.807) is 36.4 Å². The minimum atomic E-state index is -0.600. The van der Waals surface area contributed by atoms with Crippen LogP contribution in [0.1, 0.15) is 5.56 Å². The molecule has 2 aromatic rings. The number of amides is 2. The van der Waals surface area contributed by atoms with Crippen molar-refractivity contribution in [2.75, 3.05) is 4.90 Å². The third-order valence-electron chi connectivity index (χ3n) is 3.41. The molecule has 1 heterocycles. The number of para-hydroxylation sites is 1. The maximum absolute atomic E-state index is 12.8. The van der Waals surface area contributed by atoms with Gasteiger partial charge in [-0.25, -0.2) is 0 Å². The van der Waals surface area contributed by atoms with Gasteiger partial charge in [-0.05, 0) is 48.6 Å². The quantitative estimate of drug-likeness (QED) is 0.460. The molecule has 24 heavy (non-hydrogen) atoms. The molecule has 0 radical (unpaired) electrons. The highest BCUT2D eigenvalue weighted by molar-refractivity contribution is 9.10. The lowest BCUT2D eigenvalue weighted by atomic mass is 10.1. The van der Waals surface area contributed by atoms with Crippen LogP contribution < -0.4 is 10.2 Å². The molecule has 0 aromatic heterocycles. The molecule has 0 aliphatic carbocycles. The third-order valence-corrected chi connectivity index (χ3v) is 4.18. The lowest BCUT2D eigenvalue weighted by molar-refractivity contribution is -0.122. The predicted molar refractivity (Wildman–Crippen MR) is 98.5 cm³/mol. The Balaban J connectivity index is 2.06. The Morgan fingerprint density at radius 2 is 1.83 bits per heavy atom. The number of benzene rings is 2. The van der Waals surface area contributed by atoms with Crippen molar-refractivity contribution in [2.24, 2.45) is 0 Å². The molecule has 120 valence electrons. The first-order valence-corrected chi connectivity index (χ1v) is 8.12. The highest BCUT2D eigenvalue weighted by atomic mass is 79.9. The van der Waals surface area contributed by atoms with Crippen molar-refractivity contribution in [3.8, 4) is 5.75 Å². The number of halogens is 1. The second-order valence-corrected chi connectivity index (χ2v) is 6.30. The minimum absolute atomic E-state index is 0.0202. The SMILES string of the molecule is O=C1NC(=S)N(c2ccccc2)C(=O)C1=Cc1cc(Br)ccc1O. The number of anilines is 1. The molecule has 0 spiro atoms. The number of carbonyl (C=O) groups is 2. The first-order valence-electron chi connectivity index (χ1n) is 6.92. The van der Waals surface area contributed by atoms with E-state index in [-0.39, 0.29) is 16.4 Å². The van der Waals surface area contributed by atoms with Gasteiger partial charge in [-0.3, -0.25) is 19.8 Å². The number of hydrogen-bond acceptors (Lipinski definition) is 4.